The lowest BCUT2D eigenvalue weighted by Gasteiger charge is -2.10. The predicted octanol–water partition coefficient (Wildman–Crippen LogP) is 17.0. The van der Waals surface area contributed by atoms with E-state index in [1.54, 1.807) is 141 Å². The smallest absolute Gasteiger partial charge is 0.207 e. The number of benzene rings is 8. The second-order valence-electron chi connectivity index (χ2n) is 26.4. The van der Waals surface area contributed by atoms with Crippen molar-refractivity contribution in [3.63, 3.8) is 0 Å². The van der Waals surface area contributed by atoms with Gasteiger partial charge in [0, 0.05) is 102 Å². The standard InChI is InChI=1S/C25H18FN5O2.2C22H18N4O2.C20H13N5O2/c1-32-22-9-18-20(10-23(22)33-2)29-13-21-24(18)25(17-6-5-15(11-27)8-19(17)26)30-31(21)14-16-4-3-7-28-12-16;1-27-19-9-16-17(10-20(19)28-2)24-12-18-21(16)22(25-26(18)15-7-8-15)14-5-3-13(11-23)4-6-14;1-4-9-26-18-13-24-17-11-20(28-3)19(27-2)10-16(17)21(18)22(25-26)15-7-5-14(12-23)6-8-15;1-26-17-7-14-15(8-18(17)27-2)23-10-16-19(14)20(24-25(16)11-22)13-5-3-12(9-21)4-6-13/h3-10,12-13H,14H2,1-2H3;3-6,9-10,12,15H,7-8H2,1-2H3;4-8,10-11,13H,1,9H2,2-3H3;3-8,10H,1-2H3. The zero-order chi connectivity index (χ0) is 80.8. The van der Waals surface area contributed by atoms with Crippen LogP contribution in [0.2, 0.25) is 0 Å². The van der Waals surface area contributed by atoms with Crippen LogP contribution in [0.5, 0.6) is 46.0 Å². The maximum absolute atomic E-state index is 15.1. The van der Waals surface area contributed by atoms with Crippen molar-refractivity contribution in [2.75, 3.05) is 56.9 Å². The van der Waals surface area contributed by atoms with Gasteiger partial charge >= 0.3 is 0 Å². The third kappa shape index (κ3) is 14.2. The summed E-state index contributed by atoms with van der Waals surface area (Å²) in [5.74, 6) is 4.26. The average Bonchev–Trinajstić information content (AvgIpc) is 1.61. The molecule has 0 radical (unpaired) electrons. The van der Waals surface area contributed by atoms with Crippen LogP contribution >= 0.6 is 0 Å². The predicted molar refractivity (Wildman–Crippen MR) is 436 cm³/mol. The molecule has 27 heteroatoms. The monoisotopic (exact) mass is 1530 g/mol. The fourth-order valence-corrected chi connectivity index (χ4v) is 14.0. The zero-order valence-electron chi connectivity index (χ0n) is 63.8. The van der Waals surface area contributed by atoms with E-state index < -0.39 is 5.82 Å². The van der Waals surface area contributed by atoms with Gasteiger partial charge in [-0.1, -0.05) is 48.5 Å². The largest absolute Gasteiger partial charge is 0.493 e. The van der Waals surface area contributed by atoms with Crippen molar-refractivity contribution in [2.45, 2.75) is 32.0 Å². The molecule has 0 spiro atoms. The molecule has 9 heterocycles. The van der Waals surface area contributed by atoms with Crippen LogP contribution in [0.1, 0.15) is 46.7 Å². The third-order valence-electron chi connectivity index (χ3n) is 19.8. The van der Waals surface area contributed by atoms with Crippen molar-refractivity contribution in [1.29, 1.82) is 26.3 Å². The van der Waals surface area contributed by atoms with Crippen LogP contribution in [0, 0.1) is 62.6 Å². The summed E-state index contributed by atoms with van der Waals surface area (Å²) in [6, 6.07) is 53.9. The molecule has 0 bridgehead atoms. The summed E-state index contributed by atoms with van der Waals surface area (Å²) in [6.45, 7) is 4.82. The maximum Gasteiger partial charge on any atom is 0.207 e. The van der Waals surface area contributed by atoms with Crippen LogP contribution in [0.3, 0.4) is 0 Å². The van der Waals surface area contributed by atoms with Crippen LogP contribution in [-0.2, 0) is 13.1 Å². The normalized spacial score (nSPS) is 11.4. The van der Waals surface area contributed by atoms with Crippen molar-refractivity contribution in [1.82, 2.24) is 64.0 Å². The van der Waals surface area contributed by atoms with E-state index in [-0.39, 0.29) is 5.56 Å². The van der Waals surface area contributed by atoms with Crippen LogP contribution < -0.4 is 37.9 Å². The molecule has 8 aromatic carbocycles. The quantitative estimate of drug-likeness (QED) is 0.0764. The molecule has 116 heavy (non-hydrogen) atoms. The molecule has 0 amide bonds. The fourth-order valence-electron chi connectivity index (χ4n) is 14.0. The minimum atomic E-state index is -0.521. The molecule has 1 aliphatic carbocycles. The minimum absolute atomic E-state index is 0.244. The second kappa shape index (κ2) is 32.5. The van der Waals surface area contributed by atoms with Gasteiger partial charge in [-0.25, -0.2) is 4.39 Å². The maximum atomic E-state index is 15.1. The number of methoxy groups -OCH3 is 8. The Morgan fingerprint density at radius 2 is 0.784 bits per heavy atom. The summed E-state index contributed by atoms with van der Waals surface area (Å²) < 4.78 is 65.6. The molecular weight excluding hydrogens is 1470 g/mol. The molecule has 18 rings (SSSR count). The first-order valence-corrected chi connectivity index (χ1v) is 36.1. The summed E-state index contributed by atoms with van der Waals surface area (Å²) in [7, 11) is 12.7. The van der Waals surface area contributed by atoms with E-state index in [0.717, 1.165) is 117 Å². The van der Waals surface area contributed by atoms with Gasteiger partial charge in [0.05, 0.1) is 186 Å². The first-order valence-electron chi connectivity index (χ1n) is 36.1. The number of pyridine rings is 5. The first-order chi connectivity index (χ1) is 56.7. The van der Waals surface area contributed by atoms with Gasteiger partial charge < -0.3 is 37.9 Å². The number of allylic oxidation sites excluding steroid dienone is 1. The summed E-state index contributed by atoms with van der Waals surface area (Å²) in [5, 5.41) is 71.7. The van der Waals surface area contributed by atoms with Gasteiger partial charge in [-0.05, 0) is 103 Å². The number of nitriles is 5. The highest BCUT2D eigenvalue weighted by molar-refractivity contribution is 6.15. The molecule has 1 fully saturated rings. The number of ether oxygens (including phenoxy) is 8. The van der Waals surface area contributed by atoms with Crippen molar-refractivity contribution in [3.05, 3.63) is 235 Å². The Morgan fingerprint density at radius 3 is 1.18 bits per heavy atom. The van der Waals surface area contributed by atoms with Crippen LogP contribution in [0.25, 0.3) is 132 Å². The molecule has 26 nitrogen and oxygen atoms in total. The topological polar surface area (TPSA) is 329 Å². The molecule has 568 valence electrons. The Bertz CT molecular complexity index is 6950. The third-order valence-corrected chi connectivity index (χ3v) is 19.8. The molecule has 0 aliphatic heterocycles. The van der Waals surface area contributed by atoms with Crippen molar-refractivity contribution in [2.24, 2.45) is 0 Å². The van der Waals surface area contributed by atoms with Crippen LogP contribution in [0.4, 0.5) is 4.39 Å². The zero-order valence-corrected chi connectivity index (χ0v) is 63.8. The van der Waals surface area contributed by atoms with E-state index in [9.17, 15) is 5.26 Å². The summed E-state index contributed by atoms with van der Waals surface area (Å²) in [6.07, 6.45) is 16.6. The fraction of sp³-hybridized carbons (Fsp3) is 0.146. The van der Waals surface area contributed by atoms with Gasteiger partial charge in [0.15, 0.2) is 46.0 Å². The lowest BCUT2D eigenvalue weighted by atomic mass is 10.0. The van der Waals surface area contributed by atoms with E-state index in [2.05, 4.69) is 65.7 Å². The van der Waals surface area contributed by atoms with Gasteiger partial charge in [0.1, 0.15) is 34.1 Å². The van der Waals surface area contributed by atoms with E-state index >= 15 is 4.39 Å². The van der Waals surface area contributed by atoms with Crippen LogP contribution in [-0.4, -0.2) is 121 Å². The lowest BCUT2D eigenvalue weighted by molar-refractivity contribution is 0.356. The minimum Gasteiger partial charge on any atom is -0.493 e. The van der Waals surface area contributed by atoms with Crippen molar-refractivity contribution in [3.8, 4) is 121 Å². The Hall–Kier alpha value is -16.1. The Morgan fingerprint density at radius 1 is 0.414 bits per heavy atom. The first kappa shape index (κ1) is 75.4. The highest BCUT2D eigenvalue weighted by atomic mass is 19.1. The van der Waals surface area contributed by atoms with E-state index in [4.69, 9.17) is 74.2 Å². The molecule has 1 aliphatic rings. The molecule has 0 atom stereocenters. The van der Waals surface area contributed by atoms with Gasteiger partial charge in [-0.15, -0.1) is 6.58 Å². The summed E-state index contributed by atoms with van der Waals surface area (Å²) in [4.78, 5) is 22.5. The van der Waals surface area contributed by atoms with Crippen LogP contribution in [0.15, 0.2) is 201 Å². The number of halogens is 1. The molecule has 0 unspecified atom stereocenters. The highest BCUT2D eigenvalue weighted by Crippen LogP contribution is 2.46. The lowest BCUT2D eigenvalue weighted by Crippen LogP contribution is -2.02. The molecule has 0 N–H and O–H groups in total. The number of rotatable bonds is 17. The highest BCUT2D eigenvalue weighted by Gasteiger charge is 2.30. The molecule has 1 saturated carbocycles. The van der Waals surface area contributed by atoms with Gasteiger partial charge in [-0.2, -0.15) is 51.4 Å². The Kier molecular flexibility index (Phi) is 21.1. The van der Waals surface area contributed by atoms with Gasteiger partial charge in [0.2, 0.25) is 6.19 Å². The Balaban J connectivity index is 0.000000122. The number of nitrogens with zero attached hydrogens (tertiary/aromatic N) is 18. The summed E-state index contributed by atoms with van der Waals surface area (Å²) in [5.41, 5.74) is 15.0. The van der Waals surface area contributed by atoms with E-state index in [0.29, 0.717) is 115 Å². The molecule has 17 aromatic rings. The average molecular weight is 1540 g/mol. The number of hydrogen-bond donors (Lipinski definition) is 0. The van der Waals surface area contributed by atoms with E-state index in [1.165, 1.54) is 10.7 Å². The van der Waals surface area contributed by atoms with Gasteiger partial charge in [-0.3, -0.25) is 39.0 Å². The van der Waals surface area contributed by atoms with E-state index in [1.807, 2.05) is 120 Å². The van der Waals surface area contributed by atoms with Crippen molar-refractivity contribution >= 4 is 87.2 Å². The molecular formula is C89H67FN18O8. The number of aromatic nitrogens is 13. The number of fused-ring (bicyclic) bond motifs is 12. The van der Waals surface area contributed by atoms with Gasteiger partial charge in [0.25, 0.3) is 0 Å². The van der Waals surface area contributed by atoms with Crippen molar-refractivity contribution < 1.29 is 42.3 Å². The Labute approximate surface area is 662 Å². The molecule has 9 aromatic heterocycles. The summed E-state index contributed by atoms with van der Waals surface area (Å²) >= 11 is 0. The second-order valence-corrected chi connectivity index (χ2v) is 26.4. The molecule has 0 saturated heterocycles. The number of hydrogen-bond acceptors (Lipinski definition) is 22. The SMILES string of the molecule is C=CCn1nc(-c2ccc(C#N)cc2)c2c3cc(OC)c(OC)cc3ncc21.COc1cc2ncc3c(c(-c4ccc(C#N)cc4)nn3C#N)c2cc1OC.COc1cc2ncc3c(c(-c4ccc(C#N)cc4)nn3C3CC3)c2cc1OC.COc1cc2ncc3c(c(-c4ccc(C#N)cc4F)nn3Cc3cccnc3)c2cc1OC.